The lowest BCUT2D eigenvalue weighted by atomic mass is 9.64. The summed E-state index contributed by atoms with van der Waals surface area (Å²) in [6.45, 7) is 9.09. The highest BCUT2D eigenvalue weighted by molar-refractivity contribution is 4.94. The Labute approximate surface area is 87.4 Å². The third-order valence-corrected chi connectivity index (χ3v) is 4.11. The van der Waals surface area contributed by atoms with Gasteiger partial charge in [0.15, 0.2) is 0 Å². The molecule has 2 saturated heterocycles. The number of hydrogen-bond acceptors (Lipinski definition) is 2. The van der Waals surface area contributed by atoms with Crippen LogP contribution in [0.3, 0.4) is 0 Å². The van der Waals surface area contributed by atoms with E-state index >= 15 is 0 Å². The van der Waals surface area contributed by atoms with E-state index in [-0.39, 0.29) is 0 Å². The first-order chi connectivity index (χ1) is 6.75. The number of nitrogens with one attached hydrogen (secondary N) is 1. The van der Waals surface area contributed by atoms with Crippen molar-refractivity contribution in [1.29, 1.82) is 0 Å². The van der Waals surface area contributed by atoms with Gasteiger partial charge in [-0.15, -0.1) is 0 Å². The summed E-state index contributed by atoms with van der Waals surface area (Å²) in [5.41, 5.74) is 0.512. The maximum Gasteiger partial charge on any atom is 0.0526 e. The van der Waals surface area contributed by atoms with Crippen LogP contribution in [0.1, 0.15) is 33.1 Å². The van der Waals surface area contributed by atoms with Crippen LogP contribution >= 0.6 is 0 Å². The zero-order chi connectivity index (χ0) is 10.0. The first-order valence-electron chi connectivity index (χ1n) is 6.03. The molecule has 2 aliphatic heterocycles. The normalized spacial score (nSPS) is 39.2. The van der Waals surface area contributed by atoms with Crippen molar-refractivity contribution in [3.05, 3.63) is 0 Å². The first-order valence-corrected chi connectivity index (χ1v) is 6.03. The van der Waals surface area contributed by atoms with E-state index < -0.39 is 0 Å². The second kappa shape index (κ2) is 4.19. The van der Waals surface area contributed by atoms with Crippen LogP contribution in [-0.4, -0.2) is 26.3 Å². The van der Waals surface area contributed by atoms with Crippen LogP contribution < -0.4 is 5.32 Å². The Morgan fingerprint density at radius 2 is 2.21 bits per heavy atom. The van der Waals surface area contributed by atoms with Crippen molar-refractivity contribution in [2.75, 3.05) is 26.3 Å². The lowest BCUT2D eigenvalue weighted by Crippen LogP contribution is -2.51. The van der Waals surface area contributed by atoms with Crippen LogP contribution in [0.2, 0.25) is 0 Å². The van der Waals surface area contributed by atoms with E-state index in [1.807, 2.05) is 0 Å². The largest absolute Gasteiger partial charge is 0.381 e. The zero-order valence-electron chi connectivity index (χ0n) is 9.51. The predicted molar refractivity (Wildman–Crippen MR) is 58.3 cm³/mol. The predicted octanol–water partition coefficient (Wildman–Crippen LogP) is 2.05. The van der Waals surface area contributed by atoms with Crippen LogP contribution in [0.15, 0.2) is 0 Å². The summed E-state index contributed by atoms with van der Waals surface area (Å²) in [4.78, 5) is 0. The number of piperidine rings is 1. The molecule has 14 heavy (non-hydrogen) atoms. The molecule has 2 unspecified atom stereocenters. The van der Waals surface area contributed by atoms with Crippen molar-refractivity contribution in [3.63, 3.8) is 0 Å². The number of hydrogen-bond donors (Lipinski definition) is 1. The minimum atomic E-state index is 0.512. The van der Waals surface area contributed by atoms with Crippen LogP contribution in [-0.2, 0) is 4.74 Å². The molecule has 2 heteroatoms. The average Bonchev–Trinajstić information content (AvgIpc) is 2.19. The van der Waals surface area contributed by atoms with Gasteiger partial charge in [-0.25, -0.2) is 0 Å². The van der Waals surface area contributed by atoms with E-state index in [4.69, 9.17) is 4.74 Å². The van der Waals surface area contributed by atoms with Crippen molar-refractivity contribution < 1.29 is 4.74 Å². The summed E-state index contributed by atoms with van der Waals surface area (Å²) in [5.74, 6) is 1.60. The standard InChI is InChI=1S/C12H23NO/c1-10(2)11-8-13-6-5-12(11)4-3-7-14-9-12/h10-11,13H,3-9H2,1-2H3. The molecule has 2 heterocycles. The second-order valence-corrected chi connectivity index (χ2v) is 5.32. The molecular formula is C12H23NO. The Kier molecular flexibility index (Phi) is 3.13. The Morgan fingerprint density at radius 1 is 1.36 bits per heavy atom. The van der Waals surface area contributed by atoms with Gasteiger partial charge in [0, 0.05) is 6.61 Å². The van der Waals surface area contributed by atoms with Gasteiger partial charge in [-0.1, -0.05) is 13.8 Å². The molecule has 0 aromatic rings. The van der Waals surface area contributed by atoms with E-state index in [9.17, 15) is 0 Å². The molecular weight excluding hydrogens is 174 g/mol. The molecule has 2 fully saturated rings. The molecule has 2 atom stereocenters. The molecule has 0 aliphatic carbocycles. The van der Waals surface area contributed by atoms with Gasteiger partial charge < -0.3 is 10.1 Å². The van der Waals surface area contributed by atoms with Gasteiger partial charge in [0.25, 0.3) is 0 Å². The van der Waals surface area contributed by atoms with Gasteiger partial charge in [0.2, 0.25) is 0 Å². The highest BCUT2D eigenvalue weighted by Crippen LogP contribution is 2.44. The van der Waals surface area contributed by atoms with E-state index in [0.717, 1.165) is 25.0 Å². The maximum atomic E-state index is 5.72. The summed E-state index contributed by atoms with van der Waals surface area (Å²) in [7, 11) is 0. The van der Waals surface area contributed by atoms with Crippen LogP contribution in [0.25, 0.3) is 0 Å². The molecule has 0 aromatic carbocycles. The number of rotatable bonds is 1. The van der Waals surface area contributed by atoms with Crippen LogP contribution in [0.4, 0.5) is 0 Å². The summed E-state index contributed by atoms with van der Waals surface area (Å²) in [6.07, 6.45) is 3.97. The van der Waals surface area contributed by atoms with Gasteiger partial charge in [-0.2, -0.15) is 0 Å². The zero-order valence-corrected chi connectivity index (χ0v) is 9.51. The average molecular weight is 197 g/mol. The molecule has 2 nitrogen and oxygen atoms in total. The molecule has 1 spiro atoms. The summed E-state index contributed by atoms with van der Waals surface area (Å²) in [6, 6.07) is 0. The highest BCUT2D eigenvalue weighted by atomic mass is 16.5. The molecule has 0 amide bonds. The Morgan fingerprint density at radius 3 is 2.86 bits per heavy atom. The highest BCUT2D eigenvalue weighted by Gasteiger charge is 2.43. The van der Waals surface area contributed by atoms with E-state index in [1.54, 1.807) is 0 Å². The smallest absolute Gasteiger partial charge is 0.0526 e. The molecule has 0 radical (unpaired) electrons. The fourth-order valence-corrected chi connectivity index (χ4v) is 3.30. The maximum absolute atomic E-state index is 5.72. The summed E-state index contributed by atoms with van der Waals surface area (Å²) in [5, 5.41) is 3.53. The van der Waals surface area contributed by atoms with Crippen molar-refractivity contribution in [2.45, 2.75) is 33.1 Å². The molecule has 0 saturated carbocycles. The van der Waals surface area contributed by atoms with Gasteiger partial charge in [-0.3, -0.25) is 0 Å². The third-order valence-electron chi connectivity index (χ3n) is 4.11. The van der Waals surface area contributed by atoms with Crippen LogP contribution in [0.5, 0.6) is 0 Å². The van der Waals surface area contributed by atoms with Crippen molar-refractivity contribution in [1.82, 2.24) is 5.32 Å². The van der Waals surface area contributed by atoms with E-state index in [2.05, 4.69) is 19.2 Å². The fraction of sp³-hybridized carbons (Fsp3) is 1.00. The van der Waals surface area contributed by atoms with Crippen molar-refractivity contribution in [3.8, 4) is 0 Å². The quantitative estimate of drug-likeness (QED) is 0.694. The summed E-state index contributed by atoms with van der Waals surface area (Å²) >= 11 is 0. The SMILES string of the molecule is CC(C)C1CNCCC12CCCOC2. The van der Waals surface area contributed by atoms with Gasteiger partial charge in [0.05, 0.1) is 6.61 Å². The molecule has 0 bridgehead atoms. The first kappa shape index (κ1) is 10.4. The molecule has 2 aliphatic rings. The number of ether oxygens (including phenoxy) is 1. The molecule has 1 N–H and O–H groups in total. The Bertz CT molecular complexity index is 176. The van der Waals surface area contributed by atoms with Crippen LogP contribution in [0, 0.1) is 17.3 Å². The second-order valence-electron chi connectivity index (χ2n) is 5.32. The van der Waals surface area contributed by atoms with Gasteiger partial charge in [0.1, 0.15) is 0 Å². The minimum absolute atomic E-state index is 0.512. The minimum Gasteiger partial charge on any atom is -0.381 e. The van der Waals surface area contributed by atoms with E-state index in [0.29, 0.717) is 5.41 Å². The monoisotopic (exact) mass is 197 g/mol. The van der Waals surface area contributed by atoms with Gasteiger partial charge >= 0.3 is 0 Å². The topological polar surface area (TPSA) is 21.3 Å². The lowest BCUT2D eigenvalue weighted by molar-refractivity contribution is -0.0697. The molecule has 0 aromatic heterocycles. The Hall–Kier alpha value is -0.0800. The molecule has 82 valence electrons. The summed E-state index contributed by atoms with van der Waals surface area (Å²) < 4.78 is 5.72. The Balaban J connectivity index is 2.10. The van der Waals surface area contributed by atoms with Crippen molar-refractivity contribution in [2.24, 2.45) is 17.3 Å². The van der Waals surface area contributed by atoms with E-state index in [1.165, 1.54) is 32.4 Å². The third kappa shape index (κ3) is 1.82. The fourth-order valence-electron chi connectivity index (χ4n) is 3.30. The van der Waals surface area contributed by atoms with Crippen molar-refractivity contribution >= 4 is 0 Å². The molecule has 2 rings (SSSR count). The lowest BCUT2D eigenvalue weighted by Gasteiger charge is -2.48. The van der Waals surface area contributed by atoms with Gasteiger partial charge in [-0.05, 0) is 49.6 Å².